The molecule has 7 nitrogen and oxygen atoms in total. The van der Waals surface area contributed by atoms with Gasteiger partial charge < -0.3 is 21.7 Å². The Morgan fingerprint density at radius 2 is 1.91 bits per heavy atom. The van der Waals surface area contributed by atoms with Crippen molar-refractivity contribution in [2.75, 3.05) is 25.0 Å². The SMILES string of the molecule is NC(=O)CCNC(=O)c1ccccc1NC(=O)CNCC1CC1. The Morgan fingerprint density at radius 1 is 1.17 bits per heavy atom. The van der Waals surface area contributed by atoms with Crippen LogP contribution in [0.1, 0.15) is 29.6 Å². The van der Waals surface area contributed by atoms with Gasteiger partial charge in [0.05, 0.1) is 17.8 Å². The number of amides is 3. The van der Waals surface area contributed by atoms with Crippen molar-refractivity contribution in [2.24, 2.45) is 11.7 Å². The van der Waals surface area contributed by atoms with Crippen molar-refractivity contribution in [1.29, 1.82) is 0 Å². The summed E-state index contributed by atoms with van der Waals surface area (Å²) in [7, 11) is 0. The number of benzene rings is 1. The maximum Gasteiger partial charge on any atom is 0.253 e. The number of primary amides is 1. The van der Waals surface area contributed by atoms with E-state index in [1.165, 1.54) is 12.8 Å². The molecule has 2 rings (SSSR count). The summed E-state index contributed by atoms with van der Waals surface area (Å²) in [5.74, 6) is -0.323. The van der Waals surface area contributed by atoms with E-state index in [9.17, 15) is 14.4 Å². The molecular weight excluding hydrogens is 296 g/mol. The fourth-order valence-corrected chi connectivity index (χ4v) is 2.09. The zero-order valence-corrected chi connectivity index (χ0v) is 12.9. The zero-order valence-electron chi connectivity index (χ0n) is 12.9. The Morgan fingerprint density at radius 3 is 2.61 bits per heavy atom. The minimum absolute atomic E-state index is 0.0748. The van der Waals surface area contributed by atoms with Gasteiger partial charge in [0.1, 0.15) is 0 Å². The van der Waals surface area contributed by atoms with Crippen LogP contribution in [0.3, 0.4) is 0 Å². The summed E-state index contributed by atoms with van der Waals surface area (Å²) in [5, 5.41) is 8.43. The van der Waals surface area contributed by atoms with Gasteiger partial charge in [0.25, 0.3) is 5.91 Å². The minimum Gasteiger partial charge on any atom is -0.370 e. The van der Waals surface area contributed by atoms with Crippen molar-refractivity contribution in [3.63, 3.8) is 0 Å². The van der Waals surface area contributed by atoms with Crippen molar-refractivity contribution in [3.05, 3.63) is 29.8 Å². The predicted octanol–water partition coefficient (Wildman–Crippen LogP) is 0.230. The highest BCUT2D eigenvalue weighted by atomic mass is 16.2. The number of para-hydroxylation sites is 1. The number of nitrogens with one attached hydrogen (secondary N) is 3. The number of hydrogen-bond donors (Lipinski definition) is 4. The number of carbonyl (C=O) groups is 3. The standard InChI is InChI=1S/C16H22N4O3/c17-14(21)7-8-19-16(23)12-3-1-2-4-13(12)20-15(22)10-18-9-11-5-6-11/h1-4,11,18H,5-10H2,(H2,17,21)(H,19,23)(H,20,22). The van der Waals surface area contributed by atoms with E-state index < -0.39 is 5.91 Å². The second-order valence-electron chi connectivity index (χ2n) is 5.64. The summed E-state index contributed by atoms with van der Waals surface area (Å²) in [6.07, 6.45) is 2.53. The zero-order chi connectivity index (χ0) is 16.7. The van der Waals surface area contributed by atoms with Crippen LogP contribution in [-0.2, 0) is 9.59 Å². The summed E-state index contributed by atoms with van der Waals surface area (Å²) in [5.41, 5.74) is 5.83. The quantitative estimate of drug-likeness (QED) is 0.522. The van der Waals surface area contributed by atoms with Crippen LogP contribution < -0.4 is 21.7 Å². The third-order valence-corrected chi connectivity index (χ3v) is 3.52. The van der Waals surface area contributed by atoms with Crippen molar-refractivity contribution in [1.82, 2.24) is 10.6 Å². The topological polar surface area (TPSA) is 113 Å². The van der Waals surface area contributed by atoms with Crippen LogP contribution >= 0.6 is 0 Å². The molecule has 0 bridgehead atoms. The van der Waals surface area contributed by atoms with Crippen molar-refractivity contribution >= 4 is 23.4 Å². The average molecular weight is 318 g/mol. The lowest BCUT2D eigenvalue weighted by molar-refractivity contribution is -0.118. The van der Waals surface area contributed by atoms with Crippen LogP contribution in [0.5, 0.6) is 0 Å². The molecule has 1 fully saturated rings. The van der Waals surface area contributed by atoms with Gasteiger partial charge in [-0.3, -0.25) is 14.4 Å². The summed E-state index contributed by atoms with van der Waals surface area (Å²) >= 11 is 0. The summed E-state index contributed by atoms with van der Waals surface area (Å²) < 4.78 is 0. The molecule has 1 aliphatic carbocycles. The minimum atomic E-state index is -0.478. The first-order valence-electron chi connectivity index (χ1n) is 7.72. The highest BCUT2D eigenvalue weighted by Gasteiger charge is 2.20. The van der Waals surface area contributed by atoms with Crippen LogP contribution in [0.25, 0.3) is 0 Å². The van der Waals surface area contributed by atoms with E-state index in [0.29, 0.717) is 17.2 Å². The Bertz CT molecular complexity index is 584. The van der Waals surface area contributed by atoms with E-state index in [0.717, 1.165) is 6.54 Å². The molecule has 0 aromatic heterocycles. The van der Waals surface area contributed by atoms with Crippen molar-refractivity contribution in [3.8, 4) is 0 Å². The van der Waals surface area contributed by atoms with Gasteiger partial charge in [-0.15, -0.1) is 0 Å². The maximum atomic E-state index is 12.1. The molecule has 1 aliphatic rings. The first-order valence-corrected chi connectivity index (χ1v) is 7.72. The largest absolute Gasteiger partial charge is 0.370 e. The number of anilines is 1. The molecular formula is C16H22N4O3. The van der Waals surface area contributed by atoms with Crippen molar-refractivity contribution < 1.29 is 14.4 Å². The van der Waals surface area contributed by atoms with Crippen LogP contribution in [0.15, 0.2) is 24.3 Å². The molecule has 3 amide bonds. The monoisotopic (exact) mass is 318 g/mol. The fourth-order valence-electron chi connectivity index (χ4n) is 2.09. The molecule has 1 saturated carbocycles. The van der Waals surface area contributed by atoms with Gasteiger partial charge in [-0.25, -0.2) is 0 Å². The summed E-state index contributed by atoms with van der Waals surface area (Å²) in [6, 6.07) is 6.74. The lowest BCUT2D eigenvalue weighted by atomic mass is 10.1. The molecule has 1 aromatic carbocycles. The van der Waals surface area contributed by atoms with Gasteiger partial charge in [0.15, 0.2) is 0 Å². The van der Waals surface area contributed by atoms with Gasteiger partial charge in [0, 0.05) is 13.0 Å². The molecule has 0 spiro atoms. The first-order chi connectivity index (χ1) is 11.1. The molecule has 1 aromatic rings. The first kappa shape index (κ1) is 17.0. The van der Waals surface area contributed by atoms with Gasteiger partial charge >= 0.3 is 0 Å². The van der Waals surface area contributed by atoms with Gasteiger partial charge in [0.2, 0.25) is 11.8 Å². The van der Waals surface area contributed by atoms with Crippen LogP contribution in [0.4, 0.5) is 5.69 Å². The molecule has 0 saturated heterocycles. The van der Waals surface area contributed by atoms with Gasteiger partial charge in [-0.2, -0.15) is 0 Å². The van der Waals surface area contributed by atoms with E-state index in [1.54, 1.807) is 24.3 Å². The molecule has 0 unspecified atom stereocenters. The smallest absolute Gasteiger partial charge is 0.253 e. The van der Waals surface area contributed by atoms with Gasteiger partial charge in [-0.05, 0) is 37.4 Å². The third-order valence-electron chi connectivity index (χ3n) is 3.52. The van der Waals surface area contributed by atoms with Crippen LogP contribution in [-0.4, -0.2) is 37.4 Å². The molecule has 0 radical (unpaired) electrons. The number of nitrogens with two attached hydrogens (primary N) is 1. The van der Waals surface area contributed by atoms with Crippen molar-refractivity contribution in [2.45, 2.75) is 19.3 Å². The van der Waals surface area contributed by atoms with E-state index in [1.807, 2.05) is 0 Å². The molecule has 7 heteroatoms. The fraction of sp³-hybridized carbons (Fsp3) is 0.438. The average Bonchev–Trinajstić information content (AvgIpc) is 3.31. The second-order valence-corrected chi connectivity index (χ2v) is 5.64. The van der Waals surface area contributed by atoms with E-state index >= 15 is 0 Å². The summed E-state index contributed by atoms with van der Waals surface area (Å²) in [4.78, 5) is 34.7. The van der Waals surface area contributed by atoms with Crippen LogP contribution in [0.2, 0.25) is 0 Å². The normalized spacial score (nSPS) is 13.4. The van der Waals surface area contributed by atoms with Crippen LogP contribution in [0, 0.1) is 5.92 Å². The van der Waals surface area contributed by atoms with E-state index in [2.05, 4.69) is 16.0 Å². The Kier molecular flexibility index (Phi) is 6.10. The lowest BCUT2D eigenvalue weighted by Crippen LogP contribution is -2.31. The summed E-state index contributed by atoms with van der Waals surface area (Å²) in [6.45, 7) is 1.23. The molecule has 0 aliphatic heterocycles. The van der Waals surface area contributed by atoms with E-state index in [-0.39, 0.29) is 31.3 Å². The van der Waals surface area contributed by atoms with E-state index in [4.69, 9.17) is 5.73 Å². The predicted molar refractivity (Wildman–Crippen MR) is 86.8 cm³/mol. The number of carbonyl (C=O) groups excluding carboxylic acids is 3. The highest BCUT2D eigenvalue weighted by molar-refractivity contribution is 6.04. The number of hydrogen-bond acceptors (Lipinski definition) is 4. The third kappa shape index (κ3) is 6.07. The molecule has 23 heavy (non-hydrogen) atoms. The molecule has 124 valence electrons. The Hall–Kier alpha value is -2.41. The number of rotatable bonds is 9. The maximum absolute atomic E-state index is 12.1. The lowest BCUT2D eigenvalue weighted by Gasteiger charge is -2.11. The molecule has 5 N–H and O–H groups in total. The Labute approximate surface area is 135 Å². The highest BCUT2D eigenvalue weighted by Crippen LogP contribution is 2.27. The van der Waals surface area contributed by atoms with Gasteiger partial charge in [-0.1, -0.05) is 12.1 Å². The second kappa shape index (κ2) is 8.28. The Balaban J connectivity index is 1.86. The molecule has 0 heterocycles. The molecule has 0 atom stereocenters.